The highest BCUT2D eigenvalue weighted by Crippen LogP contribution is 2.29. The summed E-state index contributed by atoms with van der Waals surface area (Å²) < 4.78 is 28.7. The first kappa shape index (κ1) is 23.5. The Hall–Kier alpha value is -4.22. The van der Waals surface area contributed by atoms with Gasteiger partial charge in [0, 0.05) is 18.1 Å². The molecule has 0 fully saturated rings. The van der Waals surface area contributed by atoms with Crippen molar-refractivity contribution >= 4 is 38.9 Å². The minimum atomic E-state index is -3.86. The lowest BCUT2D eigenvalue weighted by molar-refractivity contribution is 0.580. The van der Waals surface area contributed by atoms with Crippen LogP contribution in [0.25, 0.3) is 11.4 Å². The summed E-state index contributed by atoms with van der Waals surface area (Å²) in [6.07, 6.45) is 6.35. The smallest absolute Gasteiger partial charge is 0.282 e. The van der Waals surface area contributed by atoms with Crippen LogP contribution in [0.2, 0.25) is 5.02 Å². The number of hydrogen-bond acceptors (Lipinski definition) is 8. The van der Waals surface area contributed by atoms with Crippen molar-refractivity contribution < 1.29 is 8.42 Å². The predicted molar refractivity (Wildman–Crippen MR) is 137 cm³/mol. The van der Waals surface area contributed by atoms with E-state index in [1.165, 1.54) is 24.5 Å². The molecule has 2 aromatic carbocycles. The number of nitrogen functional groups attached to an aromatic ring is 1. The lowest BCUT2D eigenvalue weighted by Crippen LogP contribution is -2.13. The van der Waals surface area contributed by atoms with Gasteiger partial charge < -0.3 is 11.1 Å². The molecule has 0 aliphatic carbocycles. The van der Waals surface area contributed by atoms with E-state index < -0.39 is 10.0 Å². The van der Waals surface area contributed by atoms with Crippen LogP contribution in [0.1, 0.15) is 11.1 Å². The van der Waals surface area contributed by atoms with Crippen LogP contribution in [0, 0.1) is 6.92 Å². The number of hydrogen-bond donors (Lipinski definition) is 2. The molecule has 3 heterocycles. The van der Waals surface area contributed by atoms with Crippen LogP contribution in [0.3, 0.4) is 0 Å². The summed E-state index contributed by atoms with van der Waals surface area (Å²) in [5.41, 5.74) is 9.42. The van der Waals surface area contributed by atoms with Crippen molar-refractivity contribution in [2.24, 2.45) is 0 Å². The number of aryl methyl sites for hydroxylation is 1. The van der Waals surface area contributed by atoms with Crippen LogP contribution in [-0.2, 0) is 16.6 Å². The van der Waals surface area contributed by atoms with Gasteiger partial charge in [-0.3, -0.25) is 4.68 Å². The van der Waals surface area contributed by atoms with Crippen LogP contribution in [0.15, 0.2) is 84.3 Å². The number of nitrogens with two attached hydrogens (primary N) is 1. The Morgan fingerprint density at radius 3 is 2.50 bits per heavy atom. The zero-order valence-electron chi connectivity index (χ0n) is 19.1. The van der Waals surface area contributed by atoms with Crippen molar-refractivity contribution in [3.8, 4) is 11.4 Å². The number of nitrogens with zero attached hydrogens (tertiary/aromatic N) is 6. The molecular formula is C24H21ClN8O2S. The molecule has 0 amide bonds. The van der Waals surface area contributed by atoms with Gasteiger partial charge in [0.05, 0.1) is 34.5 Å². The van der Waals surface area contributed by atoms with E-state index in [-0.39, 0.29) is 15.9 Å². The molecule has 3 aromatic heterocycles. The summed E-state index contributed by atoms with van der Waals surface area (Å²) in [4.78, 5) is 8.86. The maximum absolute atomic E-state index is 13.0. The molecule has 0 atom stereocenters. The second-order valence-electron chi connectivity index (χ2n) is 8.03. The van der Waals surface area contributed by atoms with E-state index in [0.29, 0.717) is 34.9 Å². The molecule has 10 nitrogen and oxygen atoms in total. The summed E-state index contributed by atoms with van der Waals surface area (Å²) in [6.45, 7) is 2.31. The van der Waals surface area contributed by atoms with Crippen molar-refractivity contribution in [2.75, 3.05) is 11.1 Å². The maximum Gasteiger partial charge on any atom is 0.282 e. The van der Waals surface area contributed by atoms with Gasteiger partial charge in [0.25, 0.3) is 10.0 Å². The molecule has 0 bridgehead atoms. The molecule has 0 aliphatic rings. The highest BCUT2D eigenvalue weighted by atomic mass is 35.5. The fraction of sp³-hybridized carbons (Fsp3) is 0.0833. The van der Waals surface area contributed by atoms with Gasteiger partial charge in [0.15, 0.2) is 0 Å². The Labute approximate surface area is 212 Å². The molecule has 0 unspecified atom stereocenters. The zero-order chi connectivity index (χ0) is 25.3. The van der Waals surface area contributed by atoms with Gasteiger partial charge in [-0.2, -0.15) is 22.7 Å². The Morgan fingerprint density at radius 2 is 1.75 bits per heavy atom. The van der Waals surface area contributed by atoms with Gasteiger partial charge >= 0.3 is 0 Å². The highest BCUT2D eigenvalue weighted by Gasteiger charge is 2.22. The van der Waals surface area contributed by atoms with E-state index in [2.05, 4.69) is 25.5 Å². The lowest BCUT2D eigenvalue weighted by atomic mass is 10.2. The Kier molecular flexibility index (Phi) is 6.17. The Bertz CT molecular complexity index is 1630. The largest absolute Gasteiger partial charge is 0.399 e. The second-order valence-corrected chi connectivity index (χ2v) is 10.2. The molecule has 3 N–H and O–H groups in total. The number of nitrogens with one attached hydrogen (secondary N) is 1. The lowest BCUT2D eigenvalue weighted by Gasteiger charge is -2.06. The summed E-state index contributed by atoms with van der Waals surface area (Å²) in [6, 6.07) is 15.7. The van der Waals surface area contributed by atoms with E-state index in [4.69, 9.17) is 17.3 Å². The molecular weight excluding hydrogens is 500 g/mol. The number of aromatic nitrogens is 6. The van der Waals surface area contributed by atoms with Crippen molar-refractivity contribution in [2.45, 2.75) is 18.4 Å². The predicted octanol–water partition coefficient (Wildman–Crippen LogP) is 4.11. The zero-order valence-corrected chi connectivity index (χ0v) is 20.6. The highest BCUT2D eigenvalue weighted by molar-refractivity contribution is 7.89. The minimum Gasteiger partial charge on any atom is -0.399 e. The maximum atomic E-state index is 13.0. The minimum absolute atomic E-state index is 0.131. The third-order valence-corrected chi connectivity index (χ3v) is 7.17. The first-order valence-electron chi connectivity index (χ1n) is 10.8. The van der Waals surface area contributed by atoms with Gasteiger partial charge in [-0.05, 0) is 42.3 Å². The fourth-order valence-electron chi connectivity index (χ4n) is 3.54. The summed E-state index contributed by atoms with van der Waals surface area (Å²) >= 11 is 6.37. The van der Waals surface area contributed by atoms with Crippen LogP contribution in [0.5, 0.6) is 0 Å². The molecule has 0 aliphatic heterocycles. The van der Waals surface area contributed by atoms with Crippen molar-refractivity contribution in [1.82, 2.24) is 28.9 Å². The van der Waals surface area contributed by atoms with Gasteiger partial charge in [0.2, 0.25) is 5.95 Å². The summed E-state index contributed by atoms with van der Waals surface area (Å²) in [5.74, 6) is 0.265. The van der Waals surface area contributed by atoms with Gasteiger partial charge in [0.1, 0.15) is 11.4 Å². The third kappa shape index (κ3) is 4.79. The molecule has 5 rings (SSSR count). The number of anilines is 3. The summed E-state index contributed by atoms with van der Waals surface area (Å²) in [7, 11) is -3.86. The third-order valence-electron chi connectivity index (χ3n) is 5.35. The van der Waals surface area contributed by atoms with E-state index in [1.54, 1.807) is 36.0 Å². The van der Waals surface area contributed by atoms with Crippen LogP contribution in [-0.4, -0.2) is 37.4 Å². The standard InChI is InChI=1S/C24H21ClN8O2S/c1-16-13-33(36(34,35)20-5-3-2-4-6-20)31-22(16)23-21(25)12-27-24(30-23)29-19-11-28-32(15-19)14-17-7-9-18(26)10-8-17/h2-13,15H,14,26H2,1H3,(H,27,29,30). The molecule has 0 spiro atoms. The normalized spacial score (nSPS) is 11.5. The molecule has 12 heteroatoms. The number of halogens is 1. The summed E-state index contributed by atoms with van der Waals surface area (Å²) in [5, 5.41) is 12.0. The van der Waals surface area contributed by atoms with E-state index in [1.807, 2.05) is 30.5 Å². The van der Waals surface area contributed by atoms with E-state index in [0.717, 1.165) is 9.65 Å². The SMILES string of the molecule is Cc1cn(S(=O)(=O)c2ccccc2)nc1-c1nc(Nc2cnn(Cc3ccc(N)cc3)c2)ncc1Cl. The van der Waals surface area contributed by atoms with Gasteiger partial charge in [-0.1, -0.05) is 41.9 Å². The molecule has 36 heavy (non-hydrogen) atoms. The van der Waals surface area contributed by atoms with Gasteiger partial charge in [-0.15, -0.1) is 0 Å². The van der Waals surface area contributed by atoms with Crippen LogP contribution >= 0.6 is 11.6 Å². The first-order chi connectivity index (χ1) is 17.3. The van der Waals surface area contributed by atoms with Crippen molar-refractivity contribution in [1.29, 1.82) is 0 Å². The number of rotatable bonds is 7. The quantitative estimate of drug-likeness (QED) is 0.306. The molecule has 0 radical (unpaired) electrons. The monoisotopic (exact) mass is 520 g/mol. The molecule has 182 valence electrons. The Balaban J connectivity index is 1.39. The second kappa shape index (κ2) is 9.44. The average molecular weight is 521 g/mol. The van der Waals surface area contributed by atoms with E-state index >= 15 is 0 Å². The molecule has 0 saturated heterocycles. The van der Waals surface area contributed by atoms with Crippen molar-refractivity contribution in [3.05, 3.63) is 95.5 Å². The average Bonchev–Trinajstić information content (AvgIpc) is 3.48. The van der Waals surface area contributed by atoms with Crippen LogP contribution in [0.4, 0.5) is 17.3 Å². The van der Waals surface area contributed by atoms with Crippen LogP contribution < -0.4 is 11.1 Å². The molecule has 5 aromatic rings. The van der Waals surface area contributed by atoms with Gasteiger partial charge in [-0.25, -0.2) is 9.97 Å². The first-order valence-corrected chi connectivity index (χ1v) is 12.6. The topological polar surface area (TPSA) is 134 Å². The van der Waals surface area contributed by atoms with Crippen molar-refractivity contribution in [3.63, 3.8) is 0 Å². The fourth-order valence-corrected chi connectivity index (χ4v) is 4.92. The van der Waals surface area contributed by atoms with E-state index in [9.17, 15) is 8.42 Å². The number of benzene rings is 2. The Morgan fingerprint density at radius 1 is 1.00 bits per heavy atom. The molecule has 0 saturated carbocycles.